The van der Waals surface area contributed by atoms with Crippen LogP contribution >= 0.6 is 0 Å². The molecule has 0 aliphatic carbocycles. The summed E-state index contributed by atoms with van der Waals surface area (Å²) < 4.78 is 18.3. The van der Waals surface area contributed by atoms with Crippen LogP contribution in [0.3, 0.4) is 0 Å². The number of likely N-dealkylation sites (N-methyl/N-ethyl adjacent to an activating group) is 1. The van der Waals surface area contributed by atoms with E-state index in [-0.39, 0.29) is 11.4 Å². The van der Waals surface area contributed by atoms with Gasteiger partial charge < -0.3 is 15.4 Å². The Morgan fingerprint density at radius 2 is 2.06 bits per heavy atom. The molecule has 0 atom stereocenters. The summed E-state index contributed by atoms with van der Waals surface area (Å²) in [6.07, 6.45) is 0.806. The van der Waals surface area contributed by atoms with Gasteiger partial charge in [0.05, 0.1) is 7.11 Å². The molecule has 1 aromatic rings. The van der Waals surface area contributed by atoms with E-state index in [2.05, 4.69) is 24.5 Å². The van der Waals surface area contributed by atoms with Crippen molar-refractivity contribution in [1.82, 2.24) is 10.6 Å². The quantitative estimate of drug-likeness (QED) is 0.730. The molecule has 0 radical (unpaired) electrons. The van der Waals surface area contributed by atoms with E-state index in [0.29, 0.717) is 5.75 Å². The molecule has 0 saturated carbocycles. The first-order chi connectivity index (χ1) is 8.48. The fraction of sp³-hybridized carbons (Fsp3) is 0.571. The predicted octanol–water partition coefficient (Wildman–Crippen LogP) is 1.96. The van der Waals surface area contributed by atoms with Gasteiger partial charge in [-0.2, -0.15) is 0 Å². The van der Waals surface area contributed by atoms with E-state index < -0.39 is 0 Å². The molecular weight excluding hydrogens is 231 g/mol. The molecule has 3 nitrogen and oxygen atoms in total. The van der Waals surface area contributed by atoms with Crippen LogP contribution in [-0.4, -0.2) is 32.8 Å². The Balaban J connectivity index is 2.38. The maximum absolute atomic E-state index is 13.4. The molecule has 0 amide bonds. The van der Waals surface area contributed by atoms with Crippen molar-refractivity contribution in [1.29, 1.82) is 0 Å². The highest BCUT2D eigenvalue weighted by molar-refractivity contribution is 5.29. The first kappa shape index (κ1) is 14.9. The number of rotatable bonds is 7. The van der Waals surface area contributed by atoms with Crippen LogP contribution in [0.4, 0.5) is 4.39 Å². The Bertz CT molecular complexity index is 380. The molecule has 0 aromatic heterocycles. The van der Waals surface area contributed by atoms with Crippen molar-refractivity contribution >= 4 is 0 Å². The van der Waals surface area contributed by atoms with Crippen LogP contribution in [-0.2, 0) is 6.42 Å². The number of benzene rings is 1. The van der Waals surface area contributed by atoms with Crippen molar-refractivity contribution in [2.45, 2.75) is 25.8 Å². The number of nitrogens with one attached hydrogen (secondary N) is 2. The molecule has 0 saturated heterocycles. The van der Waals surface area contributed by atoms with Gasteiger partial charge in [-0.3, -0.25) is 0 Å². The third kappa shape index (κ3) is 4.63. The molecule has 2 N–H and O–H groups in total. The van der Waals surface area contributed by atoms with Crippen LogP contribution in [0.2, 0.25) is 0 Å². The van der Waals surface area contributed by atoms with Crippen molar-refractivity contribution in [3.05, 3.63) is 29.6 Å². The number of ether oxygens (including phenoxy) is 1. The highest BCUT2D eigenvalue weighted by Gasteiger charge is 2.13. The van der Waals surface area contributed by atoms with E-state index in [1.165, 1.54) is 13.2 Å². The van der Waals surface area contributed by atoms with Crippen molar-refractivity contribution in [3.63, 3.8) is 0 Å². The zero-order valence-corrected chi connectivity index (χ0v) is 11.6. The van der Waals surface area contributed by atoms with E-state index in [1.54, 1.807) is 6.07 Å². The summed E-state index contributed by atoms with van der Waals surface area (Å²) in [6, 6.07) is 5.10. The van der Waals surface area contributed by atoms with Gasteiger partial charge in [-0.25, -0.2) is 4.39 Å². The third-order valence-corrected chi connectivity index (χ3v) is 3.05. The zero-order chi connectivity index (χ0) is 13.6. The van der Waals surface area contributed by atoms with Crippen LogP contribution < -0.4 is 15.4 Å². The Hall–Kier alpha value is -1.13. The summed E-state index contributed by atoms with van der Waals surface area (Å²) >= 11 is 0. The molecule has 4 heteroatoms. The van der Waals surface area contributed by atoms with Crippen molar-refractivity contribution in [3.8, 4) is 5.75 Å². The molecule has 102 valence electrons. The summed E-state index contributed by atoms with van der Waals surface area (Å²) in [6.45, 7) is 5.97. The second-order valence-corrected chi connectivity index (χ2v) is 5.03. The van der Waals surface area contributed by atoms with Crippen LogP contribution in [0.15, 0.2) is 18.2 Å². The van der Waals surface area contributed by atoms with Gasteiger partial charge in [0.1, 0.15) is 0 Å². The molecule has 0 spiro atoms. The molecule has 1 aromatic carbocycles. The second-order valence-electron chi connectivity index (χ2n) is 5.03. The average molecular weight is 254 g/mol. The third-order valence-electron chi connectivity index (χ3n) is 3.05. The number of hydrogen-bond donors (Lipinski definition) is 2. The fourth-order valence-corrected chi connectivity index (χ4v) is 1.59. The standard InChI is InChI=1S/C14H23FN2O/c1-14(2,16-3)10-17-8-7-11-5-6-13(18-4)12(15)9-11/h5-6,9,16-17H,7-8,10H2,1-4H3. The summed E-state index contributed by atoms with van der Waals surface area (Å²) in [5, 5.41) is 6.58. The second kappa shape index (κ2) is 6.71. The Kier molecular flexibility index (Phi) is 5.56. The van der Waals surface area contributed by atoms with Gasteiger partial charge in [0.15, 0.2) is 11.6 Å². The number of hydrogen-bond acceptors (Lipinski definition) is 3. The minimum Gasteiger partial charge on any atom is -0.494 e. The minimum atomic E-state index is -0.300. The zero-order valence-electron chi connectivity index (χ0n) is 11.6. The maximum atomic E-state index is 13.4. The molecule has 18 heavy (non-hydrogen) atoms. The first-order valence-corrected chi connectivity index (χ1v) is 6.20. The van der Waals surface area contributed by atoms with Crippen LogP contribution in [0.25, 0.3) is 0 Å². The topological polar surface area (TPSA) is 33.3 Å². The van der Waals surface area contributed by atoms with E-state index in [0.717, 1.165) is 25.1 Å². The highest BCUT2D eigenvalue weighted by atomic mass is 19.1. The lowest BCUT2D eigenvalue weighted by atomic mass is 10.1. The minimum absolute atomic E-state index is 0.0746. The van der Waals surface area contributed by atoms with Gasteiger partial charge in [0, 0.05) is 12.1 Å². The highest BCUT2D eigenvalue weighted by Crippen LogP contribution is 2.17. The smallest absolute Gasteiger partial charge is 0.165 e. The Morgan fingerprint density at radius 1 is 1.33 bits per heavy atom. The Morgan fingerprint density at radius 3 is 2.61 bits per heavy atom. The van der Waals surface area contributed by atoms with Gasteiger partial charge in [-0.1, -0.05) is 6.07 Å². The molecule has 0 heterocycles. The molecule has 1 rings (SSSR count). The average Bonchev–Trinajstić information content (AvgIpc) is 2.35. The van der Waals surface area contributed by atoms with E-state index in [1.807, 2.05) is 13.1 Å². The lowest BCUT2D eigenvalue weighted by Crippen LogP contribution is -2.46. The molecular formula is C14H23FN2O. The number of halogens is 1. The molecule has 0 unspecified atom stereocenters. The fourth-order valence-electron chi connectivity index (χ4n) is 1.59. The van der Waals surface area contributed by atoms with Crippen molar-refractivity contribution < 1.29 is 9.13 Å². The van der Waals surface area contributed by atoms with Gasteiger partial charge in [-0.15, -0.1) is 0 Å². The van der Waals surface area contributed by atoms with Crippen molar-refractivity contribution in [2.75, 3.05) is 27.2 Å². The van der Waals surface area contributed by atoms with Gasteiger partial charge in [-0.05, 0) is 51.6 Å². The van der Waals surface area contributed by atoms with Crippen molar-refractivity contribution in [2.24, 2.45) is 0 Å². The largest absolute Gasteiger partial charge is 0.494 e. The lowest BCUT2D eigenvalue weighted by Gasteiger charge is -2.24. The van der Waals surface area contributed by atoms with Crippen LogP contribution in [0, 0.1) is 5.82 Å². The SMILES string of the molecule is CNC(C)(C)CNCCc1ccc(OC)c(F)c1. The molecule has 0 bridgehead atoms. The van der Waals surface area contributed by atoms with Crippen LogP contribution in [0.5, 0.6) is 5.75 Å². The summed E-state index contributed by atoms with van der Waals surface area (Å²) in [5.74, 6) is -0.00594. The predicted molar refractivity (Wildman–Crippen MR) is 72.7 cm³/mol. The van der Waals surface area contributed by atoms with E-state index >= 15 is 0 Å². The number of methoxy groups -OCH3 is 1. The maximum Gasteiger partial charge on any atom is 0.165 e. The summed E-state index contributed by atoms with van der Waals surface area (Å²) in [4.78, 5) is 0. The first-order valence-electron chi connectivity index (χ1n) is 6.20. The van der Waals surface area contributed by atoms with Crippen LogP contribution in [0.1, 0.15) is 19.4 Å². The molecule has 0 aliphatic rings. The summed E-state index contributed by atoms with van der Waals surface area (Å²) in [5.41, 5.74) is 1.05. The Labute approximate surface area is 109 Å². The van der Waals surface area contributed by atoms with Gasteiger partial charge in [0.25, 0.3) is 0 Å². The van der Waals surface area contributed by atoms with E-state index in [9.17, 15) is 4.39 Å². The lowest BCUT2D eigenvalue weighted by molar-refractivity contribution is 0.385. The van der Waals surface area contributed by atoms with E-state index in [4.69, 9.17) is 4.74 Å². The monoisotopic (exact) mass is 254 g/mol. The molecule has 0 aliphatic heterocycles. The normalized spacial score (nSPS) is 11.6. The molecule has 0 fully saturated rings. The van der Waals surface area contributed by atoms with Gasteiger partial charge in [0.2, 0.25) is 0 Å². The summed E-state index contributed by atoms with van der Waals surface area (Å²) in [7, 11) is 3.42. The van der Waals surface area contributed by atoms with Gasteiger partial charge >= 0.3 is 0 Å².